The standard InChI is InChI=1S/C22H31N5O6/c1-4-5-7-26-20(23)18(21(28)24-22(26)29)25(8-6-14(2)3)11-15-9-17(27(30)31)10-16-12-32-13-33-19(15)16/h9-10,14H,4-8,11-13,23H2,1-3H3,(H,24,28,29). The van der Waals surface area contributed by atoms with Crippen molar-refractivity contribution in [3.8, 4) is 5.75 Å². The smallest absolute Gasteiger partial charge is 0.330 e. The van der Waals surface area contributed by atoms with E-state index in [0.29, 0.717) is 35.9 Å². The first kappa shape index (κ1) is 24.3. The maximum absolute atomic E-state index is 12.9. The number of nitro groups is 1. The first-order valence-corrected chi connectivity index (χ1v) is 11.1. The Morgan fingerprint density at radius 2 is 2.09 bits per heavy atom. The molecule has 0 saturated heterocycles. The second-order valence-electron chi connectivity index (χ2n) is 8.56. The Balaban J connectivity index is 2.11. The number of nitrogen functional groups attached to an aromatic ring is 1. The van der Waals surface area contributed by atoms with Crippen molar-refractivity contribution in [2.24, 2.45) is 5.92 Å². The lowest BCUT2D eigenvalue weighted by Crippen LogP contribution is -2.39. The highest BCUT2D eigenvalue weighted by Crippen LogP contribution is 2.34. The summed E-state index contributed by atoms with van der Waals surface area (Å²) in [5.74, 6) is 0.933. The molecule has 0 fully saturated rings. The number of unbranched alkanes of at least 4 members (excludes halogenated alkanes) is 1. The van der Waals surface area contributed by atoms with Crippen LogP contribution in [0, 0.1) is 16.0 Å². The molecular formula is C22H31N5O6. The highest BCUT2D eigenvalue weighted by molar-refractivity contribution is 5.63. The Morgan fingerprint density at radius 1 is 1.33 bits per heavy atom. The third kappa shape index (κ3) is 5.54. The SMILES string of the molecule is CCCCn1c(N)c(N(CCC(C)C)Cc2cc([N+](=O)[O-])cc3c2OCOC3)c(=O)[nH]c1=O. The third-order valence-corrected chi connectivity index (χ3v) is 5.59. The summed E-state index contributed by atoms with van der Waals surface area (Å²) in [6, 6.07) is 2.88. The van der Waals surface area contributed by atoms with Gasteiger partial charge in [-0.15, -0.1) is 0 Å². The molecule has 11 nitrogen and oxygen atoms in total. The van der Waals surface area contributed by atoms with E-state index < -0.39 is 16.2 Å². The van der Waals surface area contributed by atoms with Gasteiger partial charge in [0.2, 0.25) is 0 Å². The van der Waals surface area contributed by atoms with E-state index >= 15 is 0 Å². The maximum atomic E-state index is 12.9. The molecule has 0 spiro atoms. The Morgan fingerprint density at radius 3 is 2.76 bits per heavy atom. The van der Waals surface area contributed by atoms with Crippen LogP contribution in [0.25, 0.3) is 0 Å². The first-order chi connectivity index (χ1) is 15.7. The number of rotatable bonds is 10. The number of non-ortho nitro benzene ring substituents is 1. The number of hydrogen-bond donors (Lipinski definition) is 2. The van der Waals surface area contributed by atoms with Crippen LogP contribution >= 0.6 is 0 Å². The number of fused-ring (bicyclic) bond motifs is 1. The molecule has 180 valence electrons. The van der Waals surface area contributed by atoms with E-state index in [0.717, 1.165) is 19.3 Å². The summed E-state index contributed by atoms with van der Waals surface area (Å²) >= 11 is 0. The number of nitrogens with one attached hydrogen (secondary N) is 1. The molecule has 0 atom stereocenters. The molecule has 0 bridgehead atoms. The van der Waals surface area contributed by atoms with Gasteiger partial charge in [0, 0.05) is 42.9 Å². The van der Waals surface area contributed by atoms with Crippen molar-refractivity contribution < 1.29 is 14.4 Å². The monoisotopic (exact) mass is 461 g/mol. The van der Waals surface area contributed by atoms with Gasteiger partial charge in [-0.3, -0.25) is 24.5 Å². The molecular weight excluding hydrogens is 430 g/mol. The number of aromatic nitrogens is 2. The van der Waals surface area contributed by atoms with E-state index in [9.17, 15) is 19.7 Å². The number of aromatic amines is 1. The Labute approximate surface area is 191 Å². The average molecular weight is 462 g/mol. The van der Waals surface area contributed by atoms with Gasteiger partial charge in [0.05, 0.1) is 11.5 Å². The van der Waals surface area contributed by atoms with Gasteiger partial charge in [0.1, 0.15) is 17.3 Å². The van der Waals surface area contributed by atoms with Crippen molar-refractivity contribution in [2.75, 3.05) is 24.0 Å². The van der Waals surface area contributed by atoms with Crippen LogP contribution in [0.5, 0.6) is 5.75 Å². The predicted molar refractivity (Wildman–Crippen MR) is 125 cm³/mol. The molecule has 0 saturated carbocycles. The topological polar surface area (TPSA) is 146 Å². The summed E-state index contributed by atoms with van der Waals surface area (Å²) in [5.41, 5.74) is 6.43. The number of benzene rings is 1. The summed E-state index contributed by atoms with van der Waals surface area (Å²) in [6.07, 6.45) is 2.33. The van der Waals surface area contributed by atoms with Gasteiger partial charge in [-0.2, -0.15) is 0 Å². The van der Waals surface area contributed by atoms with E-state index in [4.69, 9.17) is 15.2 Å². The number of anilines is 2. The minimum atomic E-state index is -0.586. The molecule has 1 aliphatic heterocycles. The Hall–Kier alpha value is -3.34. The lowest BCUT2D eigenvalue weighted by atomic mass is 10.1. The van der Waals surface area contributed by atoms with Crippen molar-refractivity contribution in [3.63, 3.8) is 0 Å². The molecule has 1 aromatic heterocycles. The number of nitro benzene ring substituents is 1. The van der Waals surface area contributed by atoms with Gasteiger partial charge in [0.15, 0.2) is 6.79 Å². The summed E-state index contributed by atoms with van der Waals surface area (Å²) in [7, 11) is 0. The fourth-order valence-corrected chi connectivity index (χ4v) is 3.81. The first-order valence-electron chi connectivity index (χ1n) is 11.1. The molecule has 11 heteroatoms. The molecule has 1 aromatic carbocycles. The summed E-state index contributed by atoms with van der Waals surface area (Å²) in [6.45, 7) is 7.34. The van der Waals surface area contributed by atoms with E-state index in [1.807, 2.05) is 6.92 Å². The van der Waals surface area contributed by atoms with Crippen LogP contribution in [-0.2, 0) is 24.4 Å². The van der Waals surface area contributed by atoms with E-state index in [2.05, 4.69) is 18.8 Å². The molecule has 2 aromatic rings. The predicted octanol–water partition coefficient (Wildman–Crippen LogP) is 2.75. The van der Waals surface area contributed by atoms with Crippen molar-refractivity contribution in [2.45, 2.75) is 59.7 Å². The molecule has 1 aliphatic rings. The average Bonchev–Trinajstić information content (AvgIpc) is 2.76. The minimum Gasteiger partial charge on any atom is -0.467 e. The molecule has 0 amide bonds. The van der Waals surface area contributed by atoms with Crippen LogP contribution in [-0.4, -0.2) is 27.8 Å². The normalized spacial score (nSPS) is 13.0. The molecule has 3 rings (SSSR count). The second-order valence-corrected chi connectivity index (χ2v) is 8.56. The quantitative estimate of drug-likeness (QED) is 0.406. The molecule has 33 heavy (non-hydrogen) atoms. The van der Waals surface area contributed by atoms with E-state index in [1.54, 1.807) is 4.90 Å². The Kier molecular flexibility index (Phi) is 7.75. The number of nitrogens with zero attached hydrogens (tertiary/aromatic N) is 3. The molecule has 0 aliphatic carbocycles. The van der Waals surface area contributed by atoms with Crippen molar-refractivity contribution in [1.82, 2.24) is 9.55 Å². The second kappa shape index (κ2) is 10.5. The highest BCUT2D eigenvalue weighted by atomic mass is 16.7. The van der Waals surface area contributed by atoms with E-state index in [-0.39, 0.29) is 37.1 Å². The lowest BCUT2D eigenvalue weighted by Gasteiger charge is -2.29. The zero-order chi connectivity index (χ0) is 24.1. The number of H-pyrrole nitrogens is 1. The highest BCUT2D eigenvalue weighted by Gasteiger charge is 2.25. The van der Waals surface area contributed by atoms with Crippen LogP contribution in [0.1, 0.15) is 51.2 Å². The lowest BCUT2D eigenvalue weighted by molar-refractivity contribution is -0.385. The number of ether oxygens (including phenoxy) is 2. The molecule has 3 N–H and O–H groups in total. The van der Waals surface area contributed by atoms with Crippen molar-refractivity contribution >= 4 is 17.2 Å². The molecule has 2 heterocycles. The van der Waals surface area contributed by atoms with Crippen LogP contribution in [0.15, 0.2) is 21.7 Å². The number of hydrogen-bond acceptors (Lipinski definition) is 8. The Bertz CT molecular complexity index is 1120. The van der Waals surface area contributed by atoms with Crippen LogP contribution in [0.3, 0.4) is 0 Å². The van der Waals surface area contributed by atoms with E-state index in [1.165, 1.54) is 16.7 Å². The number of nitrogens with two attached hydrogens (primary N) is 1. The summed E-state index contributed by atoms with van der Waals surface area (Å²) in [4.78, 5) is 40.4. The summed E-state index contributed by atoms with van der Waals surface area (Å²) in [5, 5.41) is 11.5. The zero-order valence-electron chi connectivity index (χ0n) is 19.3. The van der Waals surface area contributed by atoms with Crippen LogP contribution in [0.2, 0.25) is 0 Å². The minimum absolute atomic E-state index is 0.0361. The molecule has 0 radical (unpaired) electrons. The molecule has 0 unspecified atom stereocenters. The fraction of sp³-hybridized carbons (Fsp3) is 0.545. The van der Waals surface area contributed by atoms with Gasteiger partial charge in [-0.1, -0.05) is 27.2 Å². The van der Waals surface area contributed by atoms with Crippen molar-refractivity contribution in [1.29, 1.82) is 0 Å². The third-order valence-electron chi connectivity index (χ3n) is 5.59. The van der Waals surface area contributed by atoms with Gasteiger partial charge in [-0.05, 0) is 18.8 Å². The largest absolute Gasteiger partial charge is 0.467 e. The fourth-order valence-electron chi connectivity index (χ4n) is 3.81. The van der Waals surface area contributed by atoms with Gasteiger partial charge >= 0.3 is 5.69 Å². The van der Waals surface area contributed by atoms with Crippen LogP contribution in [0.4, 0.5) is 17.2 Å². The summed E-state index contributed by atoms with van der Waals surface area (Å²) < 4.78 is 12.3. The van der Waals surface area contributed by atoms with Crippen molar-refractivity contribution in [3.05, 3.63) is 54.2 Å². The van der Waals surface area contributed by atoms with Gasteiger partial charge in [0.25, 0.3) is 11.2 Å². The van der Waals surface area contributed by atoms with Gasteiger partial charge in [-0.25, -0.2) is 4.79 Å². The zero-order valence-corrected chi connectivity index (χ0v) is 19.3. The van der Waals surface area contributed by atoms with Crippen LogP contribution < -0.4 is 26.6 Å². The van der Waals surface area contributed by atoms with Gasteiger partial charge < -0.3 is 20.1 Å². The maximum Gasteiger partial charge on any atom is 0.330 e.